The first kappa shape index (κ1) is 16.0. The number of rotatable bonds is 5. The second-order valence-corrected chi connectivity index (χ2v) is 7.16. The van der Waals surface area contributed by atoms with E-state index in [0.717, 1.165) is 34.8 Å². The quantitative estimate of drug-likeness (QED) is 0.883. The molecule has 1 fully saturated rings. The Labute approximate surface area is 140 Å². The van der Waals surface area contributed by atoms with Crippen molar-refractivity contribution in [2.24, 2.45) is 13.0 Å². The highest BCUT2D eigenvalue weighted by atomic mass is 32.1. The Bertz CT molecular complexity index is 690. The third kappa shape index (κ3) is 3.39. The van der Waals surface area contributed by atoms with Gasteiger partial charge >= 0.3 is 6.03 Å². The number of nitrogens with zero attached hydrogens (tertiary/aromatic N) is 3. The van der Waals surface area contributed by atoms with E-state index >= 15 is 0 Å². The SMILES string of the molecule is Cc1nn(C)c(C)c1[C@@H](C)NC(=O)N[C@H](c1nccs1)C1CC1. The van der Waals surface area contributed by atoms with Crippen molar-refractivity contribution >= 4 is 17.4 Å². The number of thiazole rings is 1. The van der Waals surface area contributed by atoms with Crippen LogP contribution in [0.25, 0.3) is 0 Å². The highest BCUT2D eigenvalue weighted by Gasteiger charge is 2.35. The van der Waals surface area contributed by atoms with Gasteiger partial charge in [-0.1, -0.05) is 0 Å². The van der Waals surface area contributed by atoms with E-state index in [0.29, 0.717) is 5.92 Å². The molecular weight excluding hydrogens is 310 g/mol. The van der Waals surface area contributed by atoms with Crippen LogP contribution in [-0.2, 0) is 7.05 Å². The van der Waals surface area contributed by atoms with Crippen LogP contribution in [0.5, 0.6) is 0 Å². The molecule has 0 radical (unpaired) electrons. The zero-order valence-electron chi connectivity index (χ0n) is 14.0. The van der Waals surface area contributed by atoms with Gasteiger partial charge in [0.25, 0.3) is 0 Å². The molecule has 1 saturated carbocycles. The van der Waals surface area contributed by atoms with Gasteiger partial charge in [0.2, 0.25) is 0 Å². The molecule has 2 atom stereocenters. The van der Waals surface area contributed by atoms with Gasteiger partial charge in [-0.2, -0.15) is 5.10 Å². The molecule has 7 heteroatoms. The zero-order chi connectivity index (χ0) is 16.6. The molecule has 2 N–H and O–H groups in total. The van der Waals surface area contributed by atoms with Crippen molar-refractivity contribution < 1.29 is 4.79 Å². The molecule has 1 aliphatic rings. The Morgan fingerprint density at radius 3 is 2.65 bits per heavy atom. The molecule has 3 rings (SSSR count). The monoisotopic (exact) mass is 333 g/mol. The van der Waals surface area contributed by atoms with Gasteiger partial charge in [-0.25, -0.2) is 9.78 Å². The molecule has 2 aromatic rings. The van der Waals surface area contributed by atoms with Crippen molar-refractivity contribution in [3.8, 4) is 0 Å². The van der Waals surface area contributed by atoms with Gasteiger partial charge in [0, 0.05) is 29.9 Å². The summed E-state index contributed by atoms with van der Waals surface area (Å²) in [7, 11) is 1.92. The number of nitrogens with one attached hydrogen (secondary N) is 2. The predicted octanol–water partition coefficient (Wildman–Crippen LogP) is 3.00. The summed E-state index contributed by atoms with van der Waals surface area (Å²) in [6.45, 7) is 5.99. The molecule has 1 aliphatic carbocycles. The van der Waals surface area contributed by atoms with Gasteiger partial charge < -0.3 is 10.6 Å². The van der Waals surface area contributed by atoms with Gasteiger partial charge in [0.1, 0.15) is 5.01 Å². The molecule has 0 spiro atoms. The topological polar surface area (TPSA) is 71.8 Å². The fourth-order valence-electron chi connectivity index (χ4n) is 3.07. The van der Waals surface area contributed by atoms with Crippen LogP contribution >= 0.6 is 11.3 Å². The second kappa shape index (κ2) is 6.31. The first-order valence-electron chi connectivity index (χ1n) is 7.94. The maximum absolute atomic E-state index is 12.4. The summed E-state index contributed by atoms with van der Waals surface area (Å²) >= 11 is 1.60. The number of carbonyl (C=O) groups is 1. The minimum absolute atomic E-state index is 0.0262. The molecule has 0 bridgehead atoms. The number of urea groups is 1. The summed E-state index contributed by atoms with van der Waals surface area (Å²) < 4.78 is 1.85. The smallest absolute Gasteiger partial charge is 0.315 e. The van der Waals surface area contributed by atoms with E-state index in [1.54, 1.807) is 17.5 Å². The second-order valence-electron chi connectivity index (χ2n) is 6.23. The van der Waals surface area contributed by atoms with Crippen LogP contribution in [-0.4, -0.2) is 20.8 Å². The Hall–Kier alpha value is -1.89. The average Bonchev–Trinajstić information content (AvgIpc) is 3.11. The first-order chi connectivity index (χ1) is 11.0. The number of hydrogen-bond donors (Lipinski definition) is 2. The van der Waals surface area contributed by atoms with Gasteiger partial charge in [-0.15, -0.1) is 11.3 Å². The highest BCUT2D eigenvalue weighted by Crippen LogP contribution is 2.41. The van der Waals surface area contributed by atoms with Crippen LogP contribution in [0.15, 0.2) is 11.6 Å². The standard InChI is InChI=1S/C16H23N5OS/c1-9(13-10(2)20-21(4)11(13)3)18-16(22)19-14(12-5-6-12)15-17-7-8-23-15/h7-9,12,14H,5-6H2,1-4H3,(H2,18,19,22)/t9-,14+/m1/s1. The van der Waals surface area contributed by atoms with Crippen LogP contribution < -0.4 is 10.6 Å². The summed E-state index contributed by atoms with van der Waals surface area (Å²) in [6.07, 6.45) is 4.10. The van der Waals surface area contributed by atoms with Gasteiger partial charge in [-0.3, -0.25) is 4.68 Å². The molecule has 2 amide bonds. The number of hydrogen-bond acceptors (Lipinski definition) is 4. The molecule has 2 heterocycles. The lowest BCUT2D eigenvalue weighted by Crippen LogP contribution is -2.40. The zero-order valence-corrected chi connectivity index (χ0v) is 14.8. The molecule has 124 valence electrons. The minimum Gasteiger partial charge on any atom is -0.331 e. The molecule has 0 saturated heterocycles. The fraction of sp³-hybridized carbons (Fsp3) is 0.562. The van der Waals surface area contributed by atoms with Crippen molar-refractivity contribution in [2.45, 2.75) is 45.7 Å². The Morgan fingerprint density at radius 1 is 1.39 bits per heavy atom. The van der Waals surface area contributed by atoms with Crippen molar-refractivity contribution in [2.75, 3.05) is 0 Å². The first-order valence-corrected chi connectivity index (χ1v) is 8.82. The molecular formula is C16H23N5OS. The molecule has 0 aliphatic heterocycles. The van der Waals surface area contributed by atoms with Crippen LogP contribution in [0.3, 0.4) is 0 Å². The molecule has 0 unspecified atom stereocenters. The van der Waals surface area contributed by atoms with Gasteiger partial charge in [0.05, 0.1) is 17.8 Å². The Balaban J connectivity index is 1.66. The summed E-state index contributed by atoms with van der Waals surface area (Å²) in [6, 6.07) is -0.203. The average molecular weight is 333 g/mol. The maximum Gasteiger partial charge on any atom is 0.315 e. The molecule has 2 aromatic heterocycles. The van der Waals surface area contributed by atoms with Crippen molar-refractivity contribution in [1.82, 2.24) is 25.4 Å². The van der Waals surface area contributed by atoms with Crippen LogP contribution in [0.2, 0.25) is 0 Å². The Morgan fingerprint density at radius 2 is 2.13 bits per heavy atom. The molecule has 23 heavy (non-hydrogen) atoms. The van der Waals surface area contributed by atoms with E-state index in [9.17, 15) is 4.79 Å². The summed E-state index contributed by atoms with van der Waals surface area (Å²) in [5, 5.41) is 13.5. The lowest BCUT2D eigenvalue weighted by molar-refractivity contribution is 0.232. The predicted molar refractivity (Wildman–Crippen MR) is 90.3 cm³/mol. The van der Waals surface area contributed by atoms with Crippen molar-refractivity contribution in [3.05, 3.63) is 33.5 Å². The van der Waals surface area contributed by atoms with E-state index in [4.69, 9.17) is 0 Å². The van der Waals surface area contributed by atoms with E-state index in [1.807, 2.05) is 37.9 Å². The van der Waals surface area contributed by atoms with Crippen LogP contribution in [0.1, 0.15) is 53.8 Å². The largest absolute Gasteiger partial charge is 0.331 e. The van der Waals surface area contributed by atoms with Gasteiger partial charge in [-0.05, 0) is 39.5 Å². The number of amides is 2. The number of carbonyl (C=O) groups excluding carboxylic acids is 1. The third-order valence-electron chi connectivity index (χ3n) is 4.44. The lowest BCUT2D eigenvalue weighted by Gasteiger charge is -2.20. The fourth-order valence-corrected chi connectivity index (χ4v) is 3.85. The number of aryl methyl sites for hydroxylation is 2. The van der Waals surface area contributed by atoms with E-state index in [2.05, 4.69) is 20.7 Å². The van der Waals surface area contributed by atoms with E-state index in [1.165, 1.54) is 0 Å². The van der Waals surface area contributed by atoms with Crippen molar-refractivity contribution in [1.29, 1.82) is 0 Å². The van der Waals surface area contributed by atoms with Crippen molar-refractivity contribution in [3.63, 3.8) is 0 Å². The molecule has 6 nitrogen and oxygen atoms in total. The maximum atomic E-state index is 12.4. The summed E-state index contributed by atoms with van der Waals surface area (Å²) in [5.41, 5.74) is 3.12. The van der Waals surface area contributed by atoms with E-state index < -0.39 is 0 Å². The minimum atomic E-state index is -0.146. The Kier molecular flexibility index (Phi) is 4.39. The third-order valence-corrected chi connectivity index (χ3v) is 5.30. The normalized spacial score (nSPS) is 16.9. The molecule has 0 aromatic carbocycles. The summed E-state index contributed by atoms with van der Waals surface area (Å²) in [4.78, 5) is 16.8. The summed E-state index contributed by atoms with van der Waals surface area (Å²) in [5.74, 6) is 0.518. The van der Waals surface area contributed by atoms with Crippen LogP contribution in [0, 0.1) is 19.8 Å². The lowest BCUT2D eigenvalue weighted by atomic mass is 10.1. The highest BCUT2D eigenvalue weighted by molar-refractivity contribution is 7.09. The van der Waals surface area contributed by atoms with Gasteiger partial charge in [0.15, 0.2) is 0 Å². The number of aromatic nitrogens is 3. The van der Waals surface area contributed by atoms with E-state index in [-0.39, 0.29) is 18.1 Å². The van der Waals surface area contributed by atoms with Crippen LogP contribution in [0.4, 0.5) is 4.79 Å².